The lowest BCUT2D eigenvalue weighted by atomic mass is 9.97. The average molecular weight is 335 g/mol. The summed E-state index contributed by atoms with van der Waals surface area (Å²) >= 11 is 0. The van der Waals surface area contributed by atoms with Crippen LogP contribution in [0.5, 0.6) is 11.5 Å². The summed E-state index contributed by atoms with van der Waals surface area (Å²) < 4.78 is 10.6. The van der Waals surface area contributed by atoms with E-state index in [0.29, 0.717) is 18.6 Å². The molecule has 1 aliphatic heterocycles. The Morgan fingerprint density at radius 1 is 1.17 bits per heavy atom. The van der Waals surface area contributed by atoms with E-state index in [-0.39, 0.29) is 5.91 Å². The van der Waals surface area contributed by atoms with Crippen molar-refractivity contribution in [3.8, 4) is 11.5 Å². The summed E-state index contributed by atoms with van der Waals surface area (Å²) in [6.45, 7) is 5.74. The Labute approximate surface area is 145 Å². The van der Waals surface area contributed by atoms with Gasteiger partial charge in [0.05, 0.1) is 20.8 Å². The van der Waals surface area contributed by atoms with Gasteiger partial charge in [-0.1, -0.05) is 6.07 Å². The molecule has 0 aromatic heterocycles. The molecule has 2 atom stereocenters. The summed E-state index contributed by atoms with van der Waals surface area (Å²) in [7, 11) is 3.28. The molecule has 134 valence electrons. The van der Waals surface area contributed by atoms with Crippen LogP contribution in [0.15, 0.2) is 18.2 Å². The normalized spacial score (nSPS) is 20.8. The Bertz CT molecular complexity index is 537. The molecule has 0 unspecified atom stereocenters. The average Bonchev–Trinajstić information content (AvgIpc) is 2.58. The first-order chi connectivity index (χ1) is 11.6. The summed E-state index contributed by atoms with van der Waals surface area (Å²) in [5.74, 6) is 1.76. The van der Waals surface area contributed by atoms with E-state index in [2.05, 4.69) is 24.1 Å². The molecule has 2 rings (SSSR count). The lowest BCUT2D eigenvalue weighted by Gasteiger charge is -2.38. The second-order valence-electron chi connectivity index (χ2n) is 6.65. The minimum atomic E-state index is 0.266. The summed E-state index contributed by atoms with van der Waals surface area (Å²) in [4.78, 5) is 14.6. The molecule has 0 bridgehead atoms. The van der Waals surface area contributed by atoms with Crippen LogP contribution in [0, 0.1) is 0 Å². The fraction of sp³-hybridized carbons (Fsp3) is 0.632. The molecule has 5 nitrogen and oxygen atoms in total. The first-order valence-electron chi connectivity index (χ1n) is 8.90. The number of hydrogen-bond donors (Lipinski definition) is 1. The summed E-state index contributed by atoms with van der Waals surface area (Å²) in [6, 6.07) is 6.73. The Hall–Kier alpha value is -1.75. The molecule has 1 amide bonds. The van der Waals surface area contributed by atoms with Crippen LogP contribution in [-0.2, 0) is 11.2 Å². The maximum Gasteiger partial charge on any atom is 0.278 e. The number of carbonyl (C=O) groups is 1. The van der Waals surface area contributed by atoms with Crippen molar-refractivity contribution in [1.82, 2.24) is 4.90 Å². The van der Waals surface area contributed by atoms with E-state index in [9.17, 15) is 4.79 Å². The first-order valence-corrected chi connectivity index (χ1v) is 8.90. The quantitative estimate of drug-likeness (QED) is 0.770. The van der Waals surface area contributed by atoms with Crippen LogP contribution in [0.2, 0.25) is 0 Å². The lowest BCUT2D eigenvalue weighted by molar-refractivity contribution is -0.644. The number of hydrogen-bond acceptors (Lipinski definition) is 3. The van der Waals surface area contributed by atoms with Gasteiger partial charge in [-0.15, -0.1) is 0 Å². The standard InChI is InChI=1S/C19H30N2O3/c1-14-6-5-7-15(2)21(14)19(22)13-20-11-10-16-8-9-17(23-3)18(12-16)24-4/h8-9,12,14-15,20H,5-7,10-11,13H2,1-4H3/p+1/t14-,15+. The van der Waals surface area contributed by atoms with Gasteiger partial charge in [0, 0.05) is 18.5 Å². The molecule has 0 radical (unpaired) electrons. The number of rotatable bonds is 7. The third kappa shape index (κ3) is 4.63. The highest BCUT2D eigenvalue weighted by Gasteiger charge is 2.29. The van der Waals surface area contributed by atoms with E-state index in [1.807, 2.05) is 18.2 Å². The molecule has 5 heteroatoms. The van der Waals surface area contributed by atoms with Gasteiger partial charge in [0.2, 0.25) is 0 Å². The van der Waals surface area contributed by atoms with E-state index in [4.69, 9.17) is 9.47 Å². The molecule has 0 aliphatic carbocycles. The molecular formula is C19H31N2O3+. The van der Waals surface area contributed by atoms with Gasteiger partial charge in [-0.2, -0.15) is 0 Å². The van der Waals surface area contributed by atoms with Crippen molar-refractivity contribution in [2.75, 3.05) is 27.3 Å². The van der Waals surface area contributed by atoms with E-state index in [0.717, 1.165) is 37.3 Å². The maximum atomic E-state index is 12.5. The third-order valence-corrected chi connectivity index (χ3v) is 4.89. The number of nitrogens with zero attached hydrogens (tertiary/aromatic N) is 1. The van der Waals surface area contributed by atoms with Gasteiger partial charge < -0.3 is 19.7 Å². The van der Waals surface area contributed by atoms with Crippen molar-refractivity contribution in [2.45, 2.75) is 51.6 Å². The van der Waals surface area contributed by atoms with Crippen molar-refractivity contribution in [1.29, 1.82) is 0 Å². The van der Waals surface area contributed by atoms with E-state index < -0.39 is 0 Å². The molecule has 0 spiro atoms. The molecule has 2 N–H and O–H groups in total. The zero-order valence-electron chi connectivity index (χ0n) is 15.4. The van der Waals surface area contributed by atoms with Crippen LogP contribution in [0.25, 0.3) is 0 Å². The monoisotopic (exact) mass is 335 g/mol. The second-order valence-corrected chi connectivity index (χ2v) is 6.65. The summed E-state index contributed by atoms with van der Waals surface area (Å²) in [5, 5.41) is 2.10. The highest BCUT2D eigenvalue weighted by molar-refractivity contribution is 5.77. The van der Waals surface area contributed by atoms with Crippen molar-refractivity contribution >= 4 is 5.91 Å². The molecule has 1 aliphatic rings. The minimum Gasteiger partial charge on any atom is -0.493 e. The number of benzene rings is 1. The van der Waals surface area contributed by atoms with Crippen LogP contribution in [-0.4, -0.2) is 50.2 Å². The number of amides is 1. The molecular weight excluding hydrogens is 304 g/mol. The molecule has 0 saturated carbocycles. The van der Waals surface area contributed by atoms with Crippen molar-refractivity contribution in [3.05, 3.63) is 23.8 Å². The number of nitrogens with two attached hydrogens (primary N) is 1. The van der Waals surface area contributed by atoms with Crippen LogP contribution in [0.4, 0.5) is 0 Å². The van der Waals surface area contributed by atoms with Crippen molar-refractivity contribution in [2.24, 2.45) is 0 Å². The number of methoxy groups -OCH3 is 2. The predicted octanol–water partition coefficient (Wildman–Crippen LogP) is 1.60. The van der Waals surface area contributed by atoms with Gasteiger partial charge in [-0.25, -0.2) is 0 Å². The van der Waals surface area contributed by atoms with E-state index in [1.165, 1.54) is 12.0 Å². The summed E-state index contributed by atoms with van der Waals surface area (Å²) in [5.41, 5.74) is 1.19. The highest BCUT2D eigenvalue weighted by atomic mass is 16.5. The second kappa shape index (κ2) is 8.92. The fourth-order valence-electron chi connectivity index (χ4n) is 3.55. The Morgan fingerprint density at radius 2 is 1.83 bits per heavy atom. The number of carbonyl (C=O) groups excluding carboxylic acids is 1. The Balaban J connectivity index is 1.79. The fourth-order valence-corrected chi connectivity index (χ4v) is 3.55. The smallest absolute Gasteiger partial charge is 0.278 e. The zero-order valence-corrected chi connectivity index (χ0v) is 15.4. The number of piperidine rings is 1. The molecule has 1 aromatic rings. The van der Waals surface area contributed by atoms with Crippen LogP contribution >= 0.6 is 0 Å². The predicted molar refractivity (Wildman–Crippen MR) is 94.5 cm³/mol. The molecule has 1 aromatic carbocycles. The number of likely N-dealkylation sites (tertiary alicyclic amines) is 1. The van der Waals surface area contributed by atoms with Crippen molar-refractivity contribution in [3.63, 3.8) is 0 Å². The lowest BCUT2D eigenvalue weighted by Crippen LogP contribution is -2.87. The third-order valence-electron chi connectivity index (χ3n) is 4.89. The Morgan fingerprint density at radius 3 is 2.46 bits per heavy atom. The van der Waals surface area contributed by atoms with Gasteiger partial charge in [0.1, 0.15) is 0 Å². The van der Waals surface area contributed by atoms with Crippen LogP contribution < -0.4 is 14.8 Å². The van der Waals surface area contributed by atoms with Crippen LogP contribution in [0.1, 0.15) is 38.7 Å². The number of quaternary nitrogens is 1. The van der Waals surface area contributed by atoms with Gasteiger partial charge in [0.15, 0.2) is 18.0 Å². The minimum absolute atomic E-state index is 0.266. The van der Waals surface area contributed by atoms with Gasteiger partial charge in [-0.05, 0) is 50.8 Å². The molecule has 1 fully saturated rings. The molecule has 1 heterocycles. The van der Waals surface area contributed by atoms with Gasteiger partial charge in [-0.3, -0.25) is 4.79 Å². The largest absolute Gasteiger partial charge is 0.493 e. The molecule has 1 saturated heterocycles. The topological polar surface area (TPSA) is 55.4 Å². The zero-order chi connectivity index (χ0) is 17.5. The number of ether oxygens (including phenoxy) is 2. The Kier molecular flexibility index (Phi) is 6.91. The van der Waals surface area contributed by atoms with Gasteiger partial charge >= 0.3 is 0 Å². The molecule has 24 heavy (non-hydrogen) atoms. The van der Waals surface area contributed by atoms with Crippen LogP contribution in [0.3, 0.4) is 0 Å². The highest BCUT2D eigenvalue weighted by Crippen LogP contribution is 2.27. The SMILES string of the molecule is COc1ccc(CC[NH2+]CC(=O)N2[C@H](C)CCC[C@@H]2C)cc1OC. The maximum absolute atomic E-state index is 12.5. The van der Waals surface area contributed by atoms with Crippen molar-refractivity contribution < 1.29 is 19.6 Å². The summed E-state index contributed by atoms with van der Waals surface area (Å²) in [6.07, 6.45) is 4.39. The van der Waals surface area contributed by atoms with E-state index >= 15 is 0 Å². The van der Waals surface area contributed by atoms with Gasteiger partial charge in [0.25, 0.3) is 5.91 Å². The van der Waals surface area contributed by atoms with E-state index in [1.54, 1.807) is 14.2 Å². The first kappa shape index (κ1) is 18.6.